The predicted octanol–water partition coefficient (Wildman–Crippen LogP) is 1.04. The van der Waals surface area contributed by atoms with Crippen molar-refractivity contribution in [3.63, 3.8) is 0 Å². The first-order chi connectivity index (χ1) is 7.34. The minimum atomic E-state index is -0.622. The second-order valence-corrected chi connectivity index (χ2v) is 4.70. The summed E-state index contributed by atoms with van der Waals surface area (Å²) in [5.41, 5.74) is -0.211. The Kier molecular flexibility index (Phi) is 3.57. The summed E-state index contributed by atoms with van der Waals surface area (Å²) < 4.78 is 1.15. The molecule has 0 fully saturated rings. The van der Waals surface area contributed by atoms with Crippen molar-refractivity contribution in [3.05, 3.63) is 33.1 Å². The molecule has 1 rings (SSSR count). The maximum absolute atomic E-state index is 11.7. The molecule has 0 aliphatic rings. The van der Waals surface area contributed by atoms with Crippen LogP contribution in [0.5, 0.6) is 0 Å². The van der Waals surface area contributed by atoms with Crippen LogP contribution in [0.2, 0.25) is 0 Å². The molecule has 1 N–H and O–H groups in total. The third-order valence-electron chi connectivity index (χ3n) is 2.35. The third-order valence-corrected chi connectivity index (χ3v) is 2.35. The van der Waals surface area contributed by atoms with E-state index in [-0.39, 0.29) is 17.5 Å². The van der Waals surface area contributed by atoms with E-state index in [4.69, 9.17) is 0 Å². The van der Waals surface area contributed by atoms with E-state index < -0.39 is 5.56 Å². The lowest BCUT2D eigenvalue weighted by Crippen LogP contribution is -2.44. The molecule has 0 aliphatic heterocycles. The Labute approximate surface area is 94.5 Å². The van der Waals surface area contributed by atoms with Gasteiger partial charge in [0, 0.05) is 5.92 Å². The molecule has 16 heavy (non-hydrogen) atoms. The summed E-state index contributed by atoms with van der Waals surface area (Å²) in [6, 6.07) is 0. The number of aromatic nitrogens is 2. The van der Waals surface area contributed by atoms with Gasteiger partial charge in [0.1, 0.15) is 5.69 Å². The highest BCUT2D eigenvalue weighted by molar-refractivity contribution is 5.02. The summed E-state index contributed by atoms with van der Waals surface area (Å²) in [5.74, 6) is 0.0548. The minimum Gasteiger partial charge on any atom is -0.618 e. The number of rotatable bonds is 3. The van der Waals surface area contributed by atoms with Gasteiger partial charge in [0.15, 0.2) is 0 Å². The summed E-state index contributed by atoms with van der Waals surface area (Å²) in [6.07, 6.45) is 1.77. The zero-order valence-electron chi connectivity index (χ0n) is 10.1. The van der Waals surface area contributed by atoms with E-state index >= 15 is 0 Å². The Bertz CT molecular complexity index is 436. The van der Waals surface area contributed by atoms with Crippen molar-refractivity contribution in [1.29, 1.82) is 0 Å². The van der Waals surface area contributed by atoms with E-state index in [0.717, 1.165) is 0 Å². The lowest BCUT2D eigenvalue weighted by Gasteiger charge is -2.12. The second kappa shape index (κ2) is 4.55. The van der Waals surface area contributed by atoms with Crippen LogP contribution in [0.1, 0.15) is 45.0 Å². The molecule has 5 heteroatoms. The molecule has 0 amide bonds. The summed E-state index contributed by atoms with van der Waals surface area (Å²) in [7, 11) is 0. The largest absolute Gasteiger partial charge is 0.618 e. The quantitative estimate of drug-likeness (QED) is 0.475. The summed E-state index contributed by atoms with van der Waals surface area (Å²) in [6.45, 7) is 7.40. The molecular formula is C11H18N2O3. The Hall–Kier alpha value is -1.52. The number of hydrogen-bond acceptors (Lipinski definition) is 3. The van der Waals surface area contributed by atoms with Gasteiger partial charge in [-0.3, -0.25) is 4.79 Å². The van der Waals surface area contributed by atoms with Crippen LogP contribution in [-0.2, 0) is 6.42 Å². The van der Waals surface area contributed by atoms with Crippen molar-refractivity contribution in [1.82, 2.24) is 4.73 Å². The van der Waals surface area contributed by atoms with Crippen LogP contribution in [0.3, 0.4) is 0 Å². The summed E-state index contributed by atoms with van der Waals surface area (Å²) in [5, 5.41) is 21.3. The standard InChI is InChI=1S/C11H18N2O3/c1-7(2)5-9-6-12(15)10(8(3)4)11(14)13(9)16/h6-8,16H,5H2,1-4H3. The molecule has 0 saturated carbocycles. The molecule has 1 heterocycles. The molecule has 0 bridgehead atoms. The fraction of sp³-hybridized carbons (Fsp3) is 0.636. The lowest BCUT2D eigenvalue weighted by molar-refractivity contribution is -0.618. The van der Waals surface area contributed by atoms with Gasteiger partial charge in [0.2, 0.25) is 6.20 Å². The predicted molar refractivity (Wildman–Crippen MR) is 59.5 cm³/mol. The van der Waals surface area contributed by atoms with Gasteiger partial charge in [-0.2, -0.15) is 4.73 Å². The highest BCUT2D eigenvalue weighted by Gasteiger charge is 2.21. The van der Waals surface area contributed by atoms with Crippen LogP contribution in [0.25, 0.3) is 0 Å². The highest BCUT2D eigenvalue weighted by Crippen LogP contribution is 2.07. The maximum Gasteiger partial charge on any atom is 0.352 e. The van der Waals surface area contributed by atoms with E-state index in [0.29, 0.717) is 21.6 Å². The first kappa shape index (κ1) is 12.5. The van der Waals surface area contributed by atoms with Crippen LogP contribution in [0.15, 0.2) is 11.0 Å². The van der Waals surface area contributed by atoms with Gasteiger partial charge in [0.25, 0.3) is 5.69 Å². The number of hydrogen-bond donors (Lipinski definition) is 1. The van der Waals surface area contributed by atoms with Crippen molar-refractivity contribution < 1.29 is 9.94 Å². The molecule has 0 radical (unpaired) electrons. The highest BCUT2D eigenvalue weighted by atomic mass is 16.5. The van der Waals surface area contributed by atoms with Crippen molar-refractivity contribution in [2.24, 2.45) is 5.92 Å². The Morgan fingerprint density at radius 2 is 2.00 bits per heavy atom. The Balaban J connectivity index is 3.34. The fourth-order valence-electron chi connectivity index (χ4n) is 1.65. The first-order valence-corrected chi connectivity index (χ1v) is 5.41. The average Bonchev–Trinajstić information content (AvgIpc) is 2.12. The van der Waals surface area contributed by atoms with Crippen molar-refractivity contribution in [2.75, 3.05) is 0 Å². The first-order valence-electron chi connectivity index (χ1n) is 5.41. The van der Waals surface area contributed by atoms with Crippen LogP contribution in [-0.4, -0.2) is 9.94 Å². The van der Waals surface area contributed by atoms with Gasteiger partial charge < -0.3 is 10.4 Å². The van der Waals surface area contributed by atoms with Gasteiger partial charge in [-0.15, -0.1) is 4.73 Å². The lowest BCUT2D eigenvalue weighted by atomic mass is 10.1. The molecule has 0 unspecified atom stereocenters. The van der Waals surface area contributed by atoms with Gasteiger partial charge in [0.05, 0.1) is 0 Å². The van der Waals surface area contributed by atoms with Crippen molar-refractivity contribution in [2.45, 2.75) is 40.0 Å². The van der Waals surface area contributed by atoms with E-state index in [2.05, 4.69) is 0 Å². The molecule has 90 valence electrons. The Morgan fingerprint density at radius 3 is 2.44 bits per heavy atom. The zero-order chi connectivity index (χ0) is 12.5. The second-order valence-electron chi connectivity index (χ2n) is 4.70. The number of nitrogens with zero attached hydrogens (tertiary/aromatic N) is 2. The monoisotopic (exact) mass is 226 g/mol. The van der Waals surface area contributed by atoms with Crippen molar-refractivity contribution >= 4 is 0 Å². The topological polar surface area (TPSA) is 69.2 Å². The fourth-order valence-corrected chi connectivity index (χ4v) is 1.65. The smallest absolute Gasteiger partial charge is 0.352 e. The van der Waals surface area contributed by atoms with Crippen LogP contribution in [0, 0.1) is 11.1 Å². The average molecular weight is 226 g/mol. The van der Waals surface area contributed by atoms with E-state index in [1.807, 2.05) is 13.8 Å². The van der Waals surface area contributed by atoms with E-state index in [1.54, 1.807) is 13.8 Å². The van der Waals surface area contributed by atoms with Gasteiger partial charge in [-0.05, 0) is 12.3 Å². The van der Waals surface area contributed by atoms with E-state index in [1.165, 1.54) is 6.20 Å². The maximum atomic E-state index is 11.7. The Morgan fingerprint density at radius 1 is 1.44 bits per heavy atom. The SMILES string of the molecule is CC(C)Cc1c[n+]([O-])c(C(C)C)c(=O)n1O. The molecule has 1 aromatic rings. The minimum absolute atomic E-state index is 0.0648. The molecule has 0 spiro atoms. The summed E-state index contributed by atoms with van der Waals surface area (Å²) in [4.78, 5) is 11.7. The molecule has 0 aliphatic carbocycles. The molecule has 0 saturated heterocycles. The molecule has 5 nitrogen and oxygen atoms in total. The van der Waals surface area contributed by atoms with Crippen LogP contribution in [0.4, 0.5) is 0 Å². The van der Waals surface area contributed by atoms with Crippen LogP contribution >= 0.6 is 0 Å². The van der Waals surface area contributed by atoms with Gasteiger partial charge in [-0.25, -0.2) is 0 Å². The molecule has 0 atom stereocenters. The van der Waals surface area contributed by atoms with Gasteiger partial charge in [-0.1, -0.05) is 27.7 Å². The molecular weight excluding hydrogens is 208 g/mol. The molecule has 0 aromatic carbocycles. The van der Waals surface area contributed by atoms with E-state index in [9.17, 15) is 15.2 Å². The van der Waals surface area contributed by atoms with Crippen LogP contribution < -0.4 is 10.3 Å². The van der Waals surface area contributed by atoms with Gasteiger partial charge >= 0.3 is 5.56 Å². The zero-order valence-corrected chi connectivity index (χ0v) is 10.1. The summed E-state index contributed by atoms with van der Waals surface area (Å²) >= 11 is 0. The third kappa shape index (κ3) is 2.35. The van der Waals surface area contributed by atoms with Crippen molar-refractivity contribution in [3.8, 4) is 0 Å². The normalized spacial score (nSPS) is 11.4. The molecule has 1 aromatic heterocycles.